The fourth-order valence-electron chi connectivity index (χ4n) is 3.66. The summed E-state index contributed by atoms with van der Waals surface area (Å²) >= 11 is 6.49. The van der Waals surface area contributed by atoms with Crippen molar-refractivity contribution in [1.82, 2.24) is 25.2 Å². The predicted octanol–water partition coefficient (Wildman–Crippen LogP) is 2.35. The van der Waals surface area contributed by atoms with Crippen LogP contribution in [0.3, 0.4) is 0 Å². The second-order valence-corrected chi connectivity index (χ2v) is 7.85. The van der Waals surface area contributed by atoms with Gasteiger partial charge < -0.3 is 9.64 Å². The molecule has 29 heavy (non-hydrogen) atoms. The Morgan fingerprint density at radius 2 is 1.97 bits per heavy atom. The van der Waals surface area contributed by atoms with Crippen molar-refractivity contribution in [3.63, 3.8) is 0 Å². The quantitative estimate of drug-likeness (QED) is 0.550. The number of rotatable bonds is 10. The maximum absolute atomic E-state index is 6.49. The molecule has 1 unspecified atom stereocenters. The molecule has 0 aliphatic carbocycles. The summed E-state index contributed by atoms with van der Waals surface area (Å²) in [6.45, 7) is 7.14. The lowest BCUT2D eigenvalue weighted by Crippen LogP contribution is -3.10. The molecule has 0 aliphatic rings. The van der Waals surface area contributed by atoms with Crippen molar-refractivity contribution in [1.29, 1.82) is 0 Å². The molecule has 154 valence electrons. The number of ether oxygens (including phenoxy) is 1. The number of hydrogen-bond acceptors (Lipinski definition) is 5. The number of methoxy groups -OCH3 is 1. The highest BCUT2D eigenvalue weighted by Crippen LogP contribution is 2.19. The van der Waals surface area contributed by atoms with E-state index in [9.17, 15) is 0 Å². The first-order valence-corrected chi connectivity index (χ1v) is 10.2. The van der Waals surface area contributed by atoms with Crippen LogP contribution in [0.4, 0.5) is 0 Å². The fraction of sp³-hybridized carbons (Fsp3) is 0.429. The Labute approximate surface area is 176 Å². The first kappa shape index (κ1) is 21.4. The van der Waals surface area contributed by atoms with E-state index in [4.69, 9.17) is 16.3 Å². The van der Waals surface area contributed by atoms with Crippen molar-refractivity contribution < 1.29 is 9.64 Å². The van der Waals surface area contributed by atoms with Crippen molar-refractivity contribution in [3.05, 3.63) is 70.8 Å². The molecule has 0 fully saturated rings. The van der Waals surface area contributed by atoms with E-state index >= 15 is 0 Å². The first-order valence-electron chi connectivity index (χ1n) is 9.82. The lowest BCUT2D eigenvalue weighted by atomic mass is 9.99. The zero-order valence-electron chi connectivity index (χ0n) is 17.1. The maximum Gasteiger partial charge on any atom is 0.209 e. The van der Waals surface area contributed by atoms with Gasteiger partial charge in [-0.3, -0.25) is 4.98 Å². The average molecular weight is 416 g/mol. The molecule has 3 rings (SSSR count). The highest BCUT2D eigenvalue weighted by atomic mass is 35.5. The minimum atomic E-state index is 0.0818. The summed E-state index contributed by atoms with van der Waals surface area (Å²) < 4.78 is 7.08. The summed E-state index contributed by atoms with van der Waals surface area (Å²) in [4.78, 5) is 5.60. The van der Waals surface area contributed by atoms with Gasteiger partial charge in [0.25, 0.3) is 0 Å². The molecule has 8 heteroatoms. The topological polar surface area (TPSA) is 70.2 Å². The van der Waals surface area contributed by atoms with E-state index in [0.29, 0.717) is 19.1 Å². The summed E-state index contributed by atoms with van der Waals surface area (Å²) in [6.07, 6.45) is 3.71. The molecule has 1 aromatic carbocycles. The van der Waals surface area contributed by atoms with E-state index in [1.165, 1.54) is 4.90 Å². The highest BCUT2D eigenvalue weighted by Gasteiger charge is 2.33. The standard InChI is InChI=1S/C21H27ClN6O/c1-16(2)20(21-24-25-26-28(21)11-12-29-3)27(14-17-7-6-10-23-13-17)15-18-8-4-5-9-19(18)22/h4-10,13,16,20H,11-12,14-15H2,1-3H3/p+1/t20-/m0/s1. The molecule has 1 N–H and O–H groups in total. The number of pyridine rings is 1. The fourth-order valence-corrected chi connectivity index (χ4v) is 3.86. The molecule has 0 radical (unpaired) electrons. The van der Waals surface area contributed by atoms with E-state index in [1.807, 2.05) is 35.1 Å². The summed E-state index contributed by atoms with van der Waals surface area (Å²) in [7, 11) is 1.68. The van der Waals surface area contributed by atoms with Crippen LogP contribution < -0.4 is 4.90 Å². The minimum absolute atomic E-state index is 0.0818. The monoisotopic (exact) mass is 415 g/mol. The Morgan fingerprint density at radius 1 is 1.14 bits per heavy atom. The SMILES string of the molecule is COCCn1nnnc1[C@H](C(C)C)[NH+](Cc1cccnc1)Cc1ccccc1Cl. The molecule has 3 aromatic rings. The van der Waals surface area contributed by atoms with Crippen molar-refractivity contribution in [2.75, 3.05) is 13.7 Å². The normalized spacial score (nSPS) is 13.6. The molecular weight excluding hydrogens is 388 g/mol. The average Bonchev–Trinajstić information content (AvgIpc) is 3.16. The molecule has 0 spiro atoms. The smallest absolute Gasteiger partial charge is 0.209 e. The van der Waals surface area contributed by atoms with E-state index < -0.39 is 0 Å². The van der Waals surface area contributed by atoms with Gasteiger partial charge in [0, 0.05) is 41.6 Å². The molecule has 0 aliphatic heterocycles. The predicted molar refractivity (Wildman–Crippen MR) is 111 cm³/mol. The maximum atomic E-state index is 6.49. The van der Waals surface area contributed by atoms with E-state index in [-0.39, 0.29) is 6.04 Å². The number of hydrogen-bond donors (Lipinski definition) is 1. The van der Waals surface area contributed by atoms with E-state index in [0.717, 1.165) is 35.1 Å². The van der Waals surface area contributed by atoms with Crippen molar-refractivity contribution in [3.8, 4) is 0 Å². The Kier molecular flexibility index (Phi) is 7.69. The zero-order valence-corrected chi connectivity index (χ0v) is 17.9. The Bertz CT molecular complexity index is 886. The number of nitrogens with one attached hydrogen (secondary N) is 1. The van der Waals surface area contributed by atoms with Crippen LogP contribution in [0.2, 0.25) is 5.02 Å². The molecule has 0 saturated carbocycles. The molecule has 2 atom stereocenters. The number of nitrogens with zero attached hydrogens (tertiary/aromatic N) is 5. The second kappa shape index (κ2) is 10.4. The van der Waals surface area contributed by atoms with Crippen LogP contribution in [0.1, 0.15) is 36.8 Å². The third-order valence-electron chi connectivity index (χ3n) is 4.98. The van der Waals surface area contributed by atoms with E-state index in [1.54, 1.807) is 13.3 Å². The van der Waals surface area contributed by atoms with Crippen molar-refractivity contribution in [2.24, 2.45) is 5.92 Å². The van der Waals surface area contributed by atoms with Crippen LogP contribution in [0.25, 0.3) is 0 Å². The molecule has 0 amide bonds. The molecule has 7 nitrogen and oxygen atoms in total. The minimum Gasteiger partial charge on any atom is -0.383 e. The molecule has 2 aromatic heterocycles. The van der Waals surface area contributed by atoms with Crippen LogP contribution in [-0.4, -0.2) is 38.9 Å². The van der Waals surface area contributed by atoms with Gasteiger partial charge in [0.15, 0.2) is 6.04 Å². The van der Waals surface area contributed by atoms with Crippen LogP contribution in [0.5, 0.6) is 0 Å². The molecular formula is C21H28ClN6O+. The number of tetrazole rings is 1. The molecule has 0 saturated heterocycles. The number of quaternary nitrogens is 1. The summed E-state index contributed by atoms with van der Waals surface area (Å²) in [6, 6.07) is 12.1. The first-order chi connectivity index (χ1) is 14.1. The molecule has 0 bridgehead atoms. The zero-order chi connectivity index (χ0) is 20.6. The number of aromatic nitrogens is 5. The summed E-state index contributed by atoms with van der Waals surface area (Å²) in [5, 5.41) is 13.3. The highest BCUT2D eigenvalue weighted by molar-refractivity contribution is 6.31. The van der Waals surface area contributed by atoms with Gasteiger partial charge in [0.05, 0.1) is 13.2 Å². The van der Waals surface area contributed by atoms with Crippen molar-refractivity contribution in [2.45, 2.75) is 39.5 Å². The van der Waals surface area contributed by atoms with Gasteiger partial charge in [-0.1, -0.05) is 49.7 Å². The Balaban J connectivity index is 1.97. The third-order valence-corrected chi connectivity index (χ3v) is 5.35. The molecule has 2 heterocycles. The van der Waals surface area contributed by atoms with Gasteiger partial charge in [0.1, 0.15) is 13.1 Å². The number of halogens is 1. The van der Waals surface area contributed by atoms with Crippen LogP contribution in [-0.2, 0) is 24.4 Å². The van der Waals surface area contributed by atoms with Gasteiger partial charge >= 0.3 is 0 Å². The van der Waals surface area contributed by atoms with Crippen LogP contribution in [0, 0.1) is 5.92 Å². The van der Waals surface area contributed by atoms with Crippen molar-refractivity contribution >= 4 is 11.6 Å². The number of benzene rings is 1. The van der Waals surface area contributed by atoms with Gasteiger partial charge in [0.2, 0.25) is 5.82 Å². The van der Waals surface area contributed by atoms with Gasteiger partial charge in [-0.05, 0) is 22.6 Å². The largest absolute Gasteiger partial charge is 0.383 e. The summed E-state index contributed by atoms with van der Waals surface area (Å²) in [5.74, 6) is 1.18. The lowest BCUT2D eigenvalue weighted by Gasteiger charge is -2.31. The van der Waals surface area contributed by atoms with Gasteiger partial charge in [-0.2, -0.15) is 0 Å². The Morgan fingerprint density at radius 3 is 2.66 bits per heavy atom. The van der Waals surface area contributed by atoms with Gasteiger partial charge in [-0.15, -0.1) is 5.10 Å². The lowest BCUT2D eigenvalue weighted by molar-refractivity contribution is -0.962. The van der Waals surface area contributed by atoms with Gasteiger partial charge in [-0.25, -0.2) is 4.68 Å². The van der Waals surface area contributed by atoms with Crippen LogP contribution >= 0.6 is 11.6 Å². The second-order valence-electron chi connectivity index (χ2n) is 7.44. The van der Waals surface area contributed by atoms with Crippen LogP contribution in [0.15, 0.2) is 48.8 Å². The summed E-state index contributed by atoms with van der Waals surface area (Å²) in [5.41, 5.74) is 2.27. The third kappa shape index (κ3) is 5.59. The Hall–Kier alpha value is -2.35. The van der Waals surface area contributed by atoms with E-state index in [2.05, 4.69) is 46.5 Å².